The number of aromatic amines is 2. The highest BCUT2D eigenvalue weighted by Gasteiger charge is 2.49. The summed E-state index contributed by atoms with van der Waals surface area (Å²) in [6.07, 6.45) is 1.60. The van der Waals surface area contributed by atoms with Crippen molar-refractivity contribution in [2.24, 2.45) is 5.41 Å². The molecular weight excluding hydrogens is 382 g/mol. The van der Waals surface area contributed by atoms with Gasteiger partial charge in [0.15, 0.2) is 11.6 Å². The van der Waals surface area contributed by atoms with Gasteiger partial charge < -0.3 is 19.9 Å². The number of H-pyrrole nitrogens is 2. The van der Waals surface area contributed by atoms with Crippen LogP contribution in [0, 0.1) is 5.41 Å². The number of carbonyl (C=O) groups is 1. The van der Waals surface area contributed by atoms with E-state index in [0.29, 0.717) is 28.3 Å². The molecule has 6 rings (SSSR count). The predicted octanol–water partition coefficient (Wildman–Crippen LogP) is 2.44. The van der Waals surface area contributed by atoms with Crippen molar-refractivity contribution in [2.75, 3.05) is 36.5 Å². The Hall–Kier alpha value is -3.72. The van der Waals surface area contributed by atoms with Gasteiger partial charge in [0.1, 0.15) is 11.5 Å². The number of nitrogens with zero attached hydrogens (tertiary/aromatic N) is 4. The Labute approximate surface area is 171 Å². The molecule has 0 atom stereocenters. The fraction of sp³-hybridized carbons (Fsp3) is 0.238. The van der Waals surface area contributed by atoms with Gasteiger partial charge in [0.25, 0.3) is 5.91 Å². The highest BCUT2D eigenvalue weighted by atomic mass is 16.5. The summed E-state index contributed by atoms with van der Waals surface area (Å²) in [6, 6.07) is 13.2. The number of nitrogens with one attached hydrogen (secondary N) is 3. The fourth-order valence-electron chi connectivity index (χ4n) is 3.98. The Morgan fingerprint density at radius 3 is 2.77 bits per heavy atom. The van der Waals surface area contributed by atoms with Crippen LogP contribution in [0.5, 0.6) is 0 Å². The van der Waals surface area contributed by atoms with Gasteiger partial charge in [0.2, 0.25) is 0 Å². The second-order valence-electron chi connectivity index (χ2n) is 7.98. The summed E-state index contributed by atoms with van der Waals surface area (Å²) >= 11 is 0. The van der Waals surface area contributed by atoms with E-state index in [4.69, 9.17) is 4.74 Å². The van der Waals surface area contributed by atoms with Gasteiger partial charge in [0, 0.05) is 25.4 Å². The van der Waals surface area contributed by atoms with Crippen molar-refractivity contribution in [3.05, 3.63) is 54.2 Å². The van der Waals surface area contributed by atoms with E-state index >= 15 is 0 Å². The number of imidazole rings is 1. The molecule has 2 aliphatic rings. The second kappa shape index (κ2) is 6.39. The van der Waals surface area contributed by atoms with Gasteiger partial charge in [-0.05, 0) is 24.3 Å². The van der Waals surface area contributed by atoms with Crippen LogP contribution in [0.2, 0.25) is 0 Å². The highest BCUT2D eigenvalue weighted by molar-refractivity contribution is 6.03. The van der Waals surface area contributed by atoms with Crippen LogP contribution >= 0.6 is 0 Å². The van der Waals surface area contributed by atoms with E-state index in [-0.39, 0.29) is 5.91 Å². The summed E-state index contributed by atoms with van der Waals surface area (Å²) in [7, 11) is 0. The molecule has 3 N–H and O–H groups in total. The van der Waals surface area contributed by atoms with Gasteiger partial charge in [-0.1, -0.05) is 12.1 Å². The van der Waals surface area contributed by atoms with Crippen LogP contribution in [0.25, 0.3) is 22.6 Å². The van der Waals surface area contributed by atoms with E-state index in [0.717, 1.165) is 43.2 Å². The maximum Gasteiger partial charge on any atom is 0.258 e. The minimum Gasteiger partial charge on any atom is -0.380 e. The van der Waals surface area contributed by atoms with E-state index < -0.39 is 0 Å². The molecule has 5 heterocycles. The van der Waals surface area contributed by atoms with E-state index in [9.17, 15) is 4.79 Å². The predicted molar refractivity (Wildman–Crippen MR) is 111 cm³/mol. The number of fused-ring (bicyclic) bond motifs is 1. The number of rotatable bonds is 4. The van der Waals surface area contributed by atoms with Crippen molar-refractivity contribution in [1.29, 1.82) is 0 Å². The minimum absolute atomic E-state index is 0.260. The van der Waals surface area contributed by atoms with Crippen LogP contribution in [0.1, 0.15) is 10.4 Å². The number of hydrogen-bond acceptors (Lipinski definition) is 6. The third-order valence-corrected chi connectivity index (χ3v) is 5.67. The molecule has 0 bridgehead atoms. The average Bonchev–Trinajstić information content (AvgIpc) is 3.33. The van der Waals surface area contributed by atoms with Crippen molar-refractivity contribution >= 4 is 28.6 Å². The summed E-state index contributed by atoms with van der Waals surface area (Å²) in [5, 5.41) is 9.87. The Balaban J connectivity index is 1.13. The molecule has 2 saturated heterocycles. The van der Waals surface area contributed by atoms with Crippen molar-refractivity contribution in [3.63, 3.8) is 0 Å². The van der Waals surface area contributed by atoms with Crippen LogP contribution in [-0.4, -0.2) is 57.4 Å². The first-order valence-corrected chi connectivity index (χ1v) is 9.78. The first-order chi connectivity index (χ1) is 14.7. The Bertz CT molecular complexity index is 1200. The minimum atomic E-state index is -0.260. The molecule has 3 aromatic heterocycles. The Kier molecular flexibility index (Phi) is 3.66. The molecule has 9 nitrogen and oxygen atoms in total. The third-order valence-electron chi connectivity index (χ3n) is 5.67. The zero-order valence-corrected chi connectivity index (χ0v) is 16.1. The first kappa shape index (κ1) is 17.2. The lowest BCUT2D eigenvalue weighted by molar-refractivity contribution is -0.127. The summed E-state index contributed by atoms with van der Waals surface area (Å²) in [4.78, 5) is 27.0. The maximum absolute atomic E-state index is 12.6. The number of amides is 1. The summed E-state index contributed by atoms with van der Waals surface area (Å²) in [5.74, 6) is 1.72. The third kappa shape index (κ3) is 2.82. The number of para-hydroxylation sites is 2. The molecule has 150 valence electrons. The molecule has 0 unspecified atom stereocenters. The number of hydrogen-bond donors (Lipinski definition) is 3. The fourth-order valence-corrected chi connectivity index (χ4v) is 3.98. The normalized spacial score (nSPS) is 17.0. The Morgan fingerprint density at radius 1 is 1.17 bits per heavy atom. The molecule has 30 heavy (non-hydrogen) atoms. The zero-order chi connectivity index (χ0) is 20.1. The molecule has 4 aromatic rings. The lowest BCUT2D eigenvalue weighted by atomic mass is 9.78. The summed E-state index contributed by atoms with van der Waals surface area (Å²) < 4.78 is 5.30. The number of benzene rings is 1. The molecule has 0 radical (unpaired) electrons. The molecule has 1 amide bonds. The number of aromatic nitrogens is 5. The average molecular weight is 401 g/mol. The van der Waals surface area contributed by atoms with Crippen molar-refractivity contribution < 1.29 is 9.53 Å². The van der Waals surface area contributed by atoms with E-state index in [1.54, 1.807) is 18.3 Å². The molecular formula is C21H19N7O2. The van der Waals surface area contributed by atoms with E-state index in [2.05, 4.69) is 35.4 Å². The highest BCUT2D eigenvalue weighted by Crippen LogP contribution is 2.39. The molecule has 0 saturated carbocycles. The topological polar surface area (TPSA) is 112 Å². The van der Waals surface area contributed by atoms with Crippen molar-refractivity contribution in [2.45, 2.75) is 0 Å². The standard InChI is InChI=1S/C21H19N7O2/c29-20(13-5-6-18(22-8-13)28-9-21(10-28)11-30-12-21)25-17-7-16(26-27-17)19-23-14-3-1-2-4-15(14)24-19/h1-8H,9-12H2,(H,23,24)(H2,25,26,27,29). The van der Waals surface area contributed by atoms with Crippen molar-refractivity contribution in [3.8, 4) is 11.5 Å². The van der Waals surface area contributed by atoms with Gasteiger partial charge >= 0.3 is 0 Å². The lowest BCUT2D eigenvalue weighted by Crippen LogP contribution is -2.66. The van der Waals surface area contributed by atoms with E-state index in [1.807, 2.05) is 30.3 Å². The van der Waals surface area contributed by atoms with Gasteiger partial charge in [-0.25, -0.2) is 9.97 Å². The molecule has 9 heteroatoms. The van der Waals surface area contributed by atoms with E-state index in [1.165, 1.54) is 0 Å². The zero-order valence-electron chi connectivity index (χ0n) is 16.1. The van der Waals surface area contributed by atoms with Crippen LogP contribution in [0.15, 0.2) is 48.7 Å². The Morgan fingerprint density at radius 2 is 2.03 bits per heavy atom. The van der Waals surface area contributed by atoms with Gasteiger partial charge in [-0.2, -0.15) is 5.10 Å². The quantitative estimate of drug-likeness (QED) is 0.484. The first-order valence-electron chi connectivity index (χ1n) is 9.78. The van der Waals surface area contributed by atoms with Crippen LogP contribution in [0.4, 0.5) is 11.6 Å². The number of ether oxygens (including phenoxy) is 1. The van der Waals surface area contributed by atoms with Crippen LogP contribution in [0.3, 0.4) is 0 Å². The largest absolute Gasteiger partial charge is 0.380 e. The molecule has 1 spiro atoms. The van der Waals surface area contributed by atoms with Crippen molar-refractivity contribution in [1.82, 2.24) is 25.1 Å². The lowest BCUT2D eigenvalue weighted by Gasteiger charge is -2.55. The summed E-state index contributed by atoms with van der Waals surface area (Å²) in [6.45, 7) is 3.60. The molecule has 0 aliphatic carbocycles. The smallest absolute Gasteiger partial charge is 0.258 e. The molecule has 1 aromatic carbocycles. The summed E-state index contributed by atoms with van der Waals surface area (Å²) in [5.41, 5.74) is 3.32. The van der Waals surface area contributed by atoms with Gasteiger partial charge in [-0.3, -0.25) is 9.89 Å². The second-order valence-corrected chi connectivity index (χ2v) is 7.98. The maximum atomic E-state index is 12.6. The number of anilines is 2. The number of pyridine rings is 1. The molecule has 2 fully saturated rings. The van der Waals surface area contributed by atoms with Gasteiger partial charge in [0.05, 0.1) is 35.2 Å². The SMILES string of the molecule is O=C(Nc1cc(-c2nc3ccccc3[nH]2)[nH]n1)c1ccc(N2CC3(COC3)C2)nc1. The van der Waals surface area contributed by atoms with Crippen LogP contribution < -0.4 is 10.2 Å². The van der Waals surface area contributed by atoms with Gasteiger partial charge in [-0.15, -0.1) is 0 Å². The monoisotopic (exact) mass is 401 g/mol. The molecule has 2 aliphatic heterocycles. The number of carbonyl (C=O) groups excluding carboxylic acids is 1. The van der Waals surface area contributed by atoms with Crippen LogP contribution in [-0.2, 0) is 4.74 Å².